The number of aliphatic hydroxyl groups excluding tert-OH is 2. The molecule has 9 heteroatoms. The Morgan fingerprint density at radius 3 is 2.55 bits per heavy atom. The van der Waals surface area contributed by atoms with Crippen LogP contribution in [-0.2, 0) is 21.0 Å². The van der Waals surface area contributed by atoms with Gasteiger partial charge in [0.1, 0.15) is 18.1 Å². The zero-order chi connectivity index (χ0) is 27.8. The molecule has 2 N–H and O–H groups in total. The van der Waals surface area contributed by atoms with E-state index >= 15 is 0 Å². The number of ether oxygens (including phenoxy) is 1. The predicted molar refractivity (Wildman–Crippen MR) is 143 cm³/mol. The lowest BCUT2D eigenvalue weighted by Crippen LogP contribution is -2.22. The van der Waals surface area contributed by atoms with Crippen LogP contribution in [0.25, 0.3) is 0 Å². The van der Waals surface area contributed by atoms with E-state index in [4.69, 9.17) is 4.74 Å². The Kier molecular flexibility index (Phi) is 14.6. The van der Waals surface area contributed by atoms with E-state index in [0.717, 1.165) is 12.8 Å². The van der Waals surface area contributed by atoms with Crippen LogP contribution in [0.5, 0.6) is 5.75 Å². The largest absolute Gasteiger partial charge is 0.427 e. The predicted octanol–water partition coefficient (Wildman–Crippen LogP) is 5.48. The Labute approximate surface area is 225 Å². The van der Waals surface area contributed by atoms with Gasteiger partial charge in [-0.25, -0.2) is 0 Å². The number of nitrogens with zero attached hydrogens (tertiary/aromatic N) is 1. The molecule has 0 heterocycles. The van der Waals surface area contributed by atoms with Crippen molar-refractivity contribution in [3.05, 3.63) is 52.1 Å². The highest BCUT2D eigenvalue weighted by Crippen LogP contribution is 2.38. The highest BCUT2D eigenvalue weighted by Gasteiger charge is 2.40. The fourth-order valence-corrected chi connectivity index (χ4v) is 5.03. The summed E-state index contributed by atoms with van der Waals surface area (Å²) in [6.07, 6.45) is 12.5. The van der Waals surface area contributed by atoms with Gasteiger partial charge >= 0.3 is 5.97 Å². The van der Waals surface area contributed by atoms with Gasteiger partial charge in [-0.2, -0.15) is 0 Å². The van der Waals surface area contributed by atoms with Crippen LogP contribution in [0.1, 0.15) is 96.0 Å². The minimum absolute atomic E-state index is 0.0740. The van der Waals surface area contributed by atoms with Crippen LogP contribution >= 0.6 is 0 Å². The highest BCUT2D eigenvalue weighted by atomic mass is 16.9. The topological polar surface area (TPSA) is 136 Å². The van der Waals surface area contributed by atoms with Gasteiger partial charge in [0.25, 0.3) is 5.09 Å². The molecular weight excluding hydrogens is 490 g/mol. The number of carbonyl (C=O) groups is 2. The van der Waals surface area contributed by atoms with E-state index in [1.54, 1.807) is 18.2 Å². The van der Waals surface area contributed by atoms with Crippen molar-refractivity contribution in [2.75, 3.05) is 0 Å². The third kappa shape index (κ3) is 12.2. The van der Waals surface area contributed by atoms with Gasteiger partial charge in [-0.15, -0.1) is 10.1 Å². The normalized spacial score (nSPS) is 21.0. The highest BCUT2D eigenvalue weighted by molar-refractivity contribution is 5.78. The second-order valence-electron chi connectivity index (χ2n) is 10.2. The van der Waals surface area contributed by atoms with E-state index in [2.05, 4.69) is 11.8 Å². The second-order valence-corrected chi connectivity index (χ2v) is 10.2. The van der Waals surface area contributed by atoms with Crippen LogP contribution in [-0.4, -0.2) is 39.3 Å². The number of unbranched alkanes of at least 4 members (excludes halogenated alkanes) is 5. The van der Waals surface area contributed by atoms with Crippen molar-refractivity contribution in [2.24, 2.45) is 11.8 Å². The third-order valence-corrected chi connectivity index (χ3v) is 7.13. The van der Waals surface area contributed by atoms with Crippen molar-refractivity contribution in [1.29, 1.82) is 0 Å². The lowest BCUT2D eigenvalue weighted by molar-refractivity contribution is -0.763. The molecule has 9 nitrogen and oxygen atoms in total. The van der Waals surface area contributed by atoms with Crippen molar-refractivity contribution in [1.82, 2.24) is 0 Å². The van der Waals surface area contributed by atoms with Crippen molar-refractivity contribution in [2.45, 2.75) is 109 Å². The average molecular weight is 534 g/mol. The maximum absolute atomic E-state index is 12.3. The van der Waals surface area contributed by atoms with Gasteiger partial charge in [-0.3, -0.25) is 9.59 Å². The van der Waals surface area contributed by atoms with Crippen molar-refractivity contribution < 1.29 is 34.5 Å². The second kappa shape index (κ2) is 17.7. The molecule has 0 spiro atoms. The zero-order valence-corrected chi connectivity index (χ0v) is 22.5. The van der Waals surface area contributed by atoms with Gasteiger partial charge in [0.05, 0.1) is 12.2 Å². The Bertz CT molecular complexity index is 902. The minimum Gasteiger partial charge on any atom is -0.427 e. The molecule has 212 valence electrons. The number of hydrogen-bond acceptors (Lipinski definition) is 8. The Hall–Kier alpha value is -2.78. The summed E-state index contributed by atoms with van der Waals surface area (Å²) in [5.74, 6) is 0.00294. The molecule has 2 rings (SSSR count). The first-order valence-electron chi connectivity index (χ1n) is 13.9. The number of ketones is 1. The van der Waals surface area contributed by atoms with Crippen LogP contribution in [0.2, 0.25) is 0 Å². The van der Waals surface area contributed by atoms with Gasteiger partial charge in [-0.05, 0) is 68.1 Å². The molecule has 0 unspecified atom stereocenters. The summed E-state index contributed by atoms with van der Waals surface area (Å²) >= 11 is 0. The molecule has 1 aliphatic rings. The van der Waals surface area contributed by atoms with Gasteiger partial charge < -0.3 is 19.8 Å². The lowest BCUT2D eigenvalue weighted by atomic mass is 9.86. The molecule has 0 aliphatic heterocycles. The molecular formula is C29H43NO8. The number of allylic oxidation sites excluding steroid dienone is 2. The number of Topliss-reactive ketones (excluding diaryl/α,β-unsaturated/α-hetero) is 1. The summed E-state index contributed by atoms with van der Waals surface area (Å²) in [4.78, 5) is 39.0. The summed E-state index contributed by atoms with van der Waals surface area (Å²) in [5.41, 5.74) is 0.527. The Balaban J connectivity index is 1.67. The maximum atomic E-state index is 12.3. The van der Waals surface area contributed by atoms with Gasteiger partial charge in [0, 0.05) is 19.3 Å². The number of aliphatic hydroxyl groups is 2. The van der Waals surface area contributed by atoms with E-state index in [1.165, 1.54) is 25.3 Å². The molecule has 0 radical (unpaired) electrons. The Morgan fingerprint density at radius 1 is 1.03 bits per heavy atom. The van der Waals surface area contributed by atoms with E-state index < -0.39 is 23.3 Å². The molecule has 1 aromatic rings. The molecule has 0 bridgehead atoms. The minimum atomic E-state index is -0.875. The van der Waals surface area contributed by atoms with Crippen molar-refractivity contribution >= 4 is 11.8 Å². The molecule has 0 aromatic heterocycles. The van der Waals surface area contributed by atoms with Gasteiger partial charge in [-0.1, -0.05) is 56.9 Å². The fraction of sp³-hybridized carbons (Fsp3) is 0.655. The van der Waals surface area contributed by atoms with Crippen LogP contribution in [0.3, 0.4) is 0 Å². The quantitative estimate of drug-likeness (QED) is 0.0595. The van der Waals surface area contributed by atoms with E-state index in [1.807, 2.05) is 12.2 Å². The van der Waals surface area contributed by atoms with Crippen LogP contribution in [0, 0.1) is 22.0 Å². The molecule has 0 amide bonds. The molecule has 4 atom stereocenters. The first-order valence-corrected chi connectivity index (χ1v) is 13.9. The van der Waals surface area contributed by atoms with Crippen molar-refractivity contribution in [3.8, 4) is 5.75 Å². The molecule has 1 aliphatic carbocycles. The lowest BCUT2D eigenvalue weighted by Gasteiger charge is -2.22. The first-order chi connectivity index (χ1) is 18.3. The monoisotopic (exact) mass is 533 g/mol. The maximum Gasteiger partial charge on any atom is 0.311 e. The molecule has 1 saturated carbocycles. The number of benzene rings is 1. The zero-order valence-electron chi connectivity index (χ0n) is 22.5. The van der Waals surface area contributed by atoms with E-state index in [0.29, 0.717) is 56.3 Å². The van der Waals surface area contributed by atoms with Crippen molar-refractivity contribution in [3.63, 3.8) is 0 Å². The molecule has 0 saturated heterocycles. The summed E-state index contributed by atoms with van der Waals surface area (Å²) in [7, 11) is 0. The van der Waals surface area contributed by atoms with Crippen LogP contribution < -0.4 is 4.74 Å². The summed E-state index contributed by atoms with van der Waals surface area (Å²) < 4.78 is 5.30. The number of carbonyl (C=O) groups excluding carboxylic acids is 2. The number of hydrogen-bond donors (Lipinski definition) is 2. The molecule has 1 aromatic carbocycles. The average Bonchev–Trinajstić information content (AvgIpc) is 3.15. The van der Waals surface area contributed by atoms with Crippen LogP contribution in [0.15, 0.2) is 36.4 Å². The standard InChI is InChI=1S/C29H43NO8/c1-2-3-4-5-8-13-23(31)17-18-26-25(27(32)20-28(26)33)15-9-6-7-10-16-29(34)38-24-14-11-12-22(19-24)21-37-30(35)36/h6,9,11-12,14,19,25-28,32-33H,2-5,7-8,10,13,15-18,20-21H2,1H3/b9-6-/t25-,26-,27+,28-/m1/s1. The molecule has 38 heavy (non-hydrogen) atoms. The third-order valence-electron chi connectivity index (χ3n) is 7.13. The fourth-order valence-electron chi connectivity index (χ4n) is 5.03. The Morgan fingerprint density at radius 2 is 1.79 bits per heavy atom. The SMILES string of the molecule is CCCCCCCC(=O)CC[C@@H]1[C@@H](C/C=C\CCCC(=O)Oc2cccc(CO[N+](=O)[O-])c2)[C@@H](O)C[C@H]1O. The number of rotatable bonds is 19. The first kappa shape index (κ1) is 31.4. The van der Waals surface area contributed by atoms with E-state index in [9.17, 15) is 29.9 Å². The molecule has 1 fully saturated rings. The smallest absolute Gasteiger partial charge is 0.311 e. The number of esters is 1. The van der Waals surface area contributed by atoms with E-state index in [-0.39, 0.29) is 30.6 Å². The van der Waals surface area contributed by atoms with Crippen LogP contribution in [0.4, 0.5) is 0 Å². The van der Waals surface area contributed by atoms with Gasteiger partial charge in [0.15, 0.2) is 0 Å². The van der Waals surface area contributed by atoms with Gasteiger partial charge in [0.2, 0.25) is 0 Å². The summed E-state index contributed by atoms with van der Waals surface area (Å²) in [5, 5.41) is 30.3. The summed E-state index contributed by atoms with van der Waals surface area (Å²) in [6, 6.07) is 6.41. The summed E-state index contributed by atoms with van der Waals surface area (Å²) in [6.45, 7) is 1.95.